The fraction of sp³-hybridized carbons (Fsp3) is 0.356. The smallest absolute Gasteiger partial charge is 0.407 e. The van der Waals surface area contributed by atoms with Gasteiger partial charge >= 0.3 is 6.09 Å². The minimum atomic E-state index is -0.864. The van der Waals surface area contributed by atoms with Crippen molar-refractivity contribution in [3.05, 3.63) is 120 Å². The van der Waals surface area contributed by atoms with E-state index in [1.165, 1.54) is 7.11 Å². The van der Waals surface area contributed by atoms with Gasteiger partial charge in [0.25, 0.3) is 5.91 Å². The number of likely N-dealkylation sites (tertiary alicyclic amines) is 2. The summed E-state index contributed by atoms with van der Waals surface area (Å²) in [7, 11) is 1.30. The van der Waals surface area contributed by atoms with E-state index in [1.807, 2.05) is 77.4 Å². The van der Waals surface area contributed by atoms with Crippen LogP contribution in [0.2, 0.25) is 0 Å². The number of aromatic amines is 2. The molecule has 9 rings (SSSR count). The average Bonchev–Trinajstić information content (AvgIpc) is 4.11. The van der Waals surface area contributed by atoms with E-state index in [-0.39, 0.29) is 29.8 Å². The predicted molar refractivity (Wildman–Crippen MR) is 224 cm³/mol. The number of amides is 3. The number of hydrogen-bond donors (Lipinski definition) is 3. The van der Waals surface area contributed by atoms with Crippen molar-refractivity contribution in [1.29, 1.82) is 0 Å². The van der Waals surface area contributed by atoms with Crippen LogP contribution in [0.4, 0.5) is 16.2 Å². The van der Waals surface area contributed by atoms with Crippen molar-refractivity contribution in [2.24, 2.45) is 0 Å². The van der Waals surface area contributed by atoms with Gasteiger partial charge in [0.15, 0.2) is 0 Å². The Bertz CT molecular complexity index is 2420. The van der Waals surface area contributed by atoms with E-state index >= 15 is 0 Å². The molecule has 0 spiro atoms. The number of H-pyrrole nitrogens is 2. The van der Waals surface area contributed by atoms with Crippen LogP contribution >= 0.6 is 0 Å². The van der Waals surface area contributed by atoms with Crippen molar-refractivity contribution in [1.82, 2.24) is 35.1 Å². The Hall–Kier alpha value is -6.37. The number of nitrogens with one attached hydrogen (secondary N) is 3. The number of methoxy groups -OCH3 is 1. The SMILES string of the molecule is COC(=O)N[C@@H](C(=O)N1CCC[C@H]1c1nc2cc(N3CCN(c4ccc5[nH]c([C@@H]6CCCN6C(=O)[C@H](C)c6ccccc6)nc5c4)CC3)ccc2[nH]1)c1ccccc1. The summed E-state index contributed by atoms with van der Waals surface area (Å²) >= 11 is 0. The number of ether oxygens (including phenoxy) is 1. The fourth-order valence-electron chi connectivity index (χ4n) is 9.00. The van der Waals surface area contributed by atoms with Crippen LogP contribution in [-0.2, 0) is 14.3 Å². The number of nitrogens with zero attached hydrogens (tertiary/aromatic N) is 6. The molecule has 0 bridgehead atoms. The molecule has 3 fully saturated rings. The number of anilines is 2. The molecule has 0 aliphatic carbocycles. The van der Waals surface area contributed by atoms with E-state index in [0.717, 1.165) is 109 Å². The first-order chi connectivity index (χ1) is 28.3. The minimum Gasteiger partial charge on any atom is -0.453 e. The van der Waals surface area contributed by atoms with Crippen LogP contribution in [0, 0.1) is 0 Å². The third-order valence-corrected chi connectivity index (χ3v) is 12.2. The number of carbonyl (C=O) groups is 3. The van der Waals surface area contributed by atoms with Gasteiger partial charge in [-0.3, -0.25) is 9.59 Å². The number of hydrogen-bond acceptors (Lipinski definition) is 8. The van der Waals surface area contributed by atoms with Crippen LogP contribution in [0.15, 0.2) is 97.1 Å². The van der Waals surface area contributed by atoms with Crippen molar-refractivity contribution in [2.45, 2.75) is 56.7 Å². The zero-order chi connectivity index (χ0) is 39.8. The molecule has 2 aromatic heterocycles. The molecule has 6 aromatic rings. The molecule has 3 aliphatic heterocycles. The van der Waals surface area contributed by atoms with Gasteiger partial charge in [-0.15, -0.1) is 0 Å². The minimum absolute atomic E-state index is 0.0529. The quantitative estimate of drug-likeness (QED) is 0.143. The van der Waals surface area contributed by atoms with E-state index in [0.29, 0.717) is 12.1 Å². The van der Waals surface area contributed by atoms with Crippen LogP contribution < -0.4 is 15.1 Å². The average molecular weight is 780 g/mol. The summed E-state index contributed by atoms with van der Waals surface area (Å²) in [6, 6.07) is 30.9. The van der Waals surface area contributed by atoms with E-state index in [4.69, 9.17) is 14.7 Å². The normalized spacial score (nSPS) is 19.5. The van der Waals surface area contributed by atoms with Crippen LogP contribution in [-0.4, -0.2) is 94.0 Å². The standard InChI is InChI=1S/C45H49N9O4/c1-29(30-11-5-3-6-12-30)43(55)53-21-9-15-38(53)41-46-34-19-17-32(27-36(34)48-41)51-23-25-52(26-24-51)33-18-20-35-37(28-33)49-42(47-35)39-16-10-22-54(39)44(56)40(50-45(57)58-2)31-13-7-4-8-14-31/h3-8,11-14,17-20,27-29,38-40H,9-10,15-16,21-26H2,1-2H3,(H,46,48)(H,47,49)(H,50,57)/t29-,38+,39+,40-/m1/s1. The van der Waals surface area contributed by atoms with E-state index in [1.54, 1.807) is 0 Å². The molecule has 0 saturated carbocycles. The molecule has 4 aromatic carbocycles. The molecule has 0 radical (unpaired) electrons. The maximum atomic E-state index is 14.0. The molecule has 13 heteroatoms. The number of rotatable bonds is 9. The van der Waals surface area contributed by atoms with Crippen molar-refractivity contribution < 1.29 is 19.1 Å². The third kappa shape index (κ3) is 7.21. The zero-order valence-corrected chi connectivity index (χ0v) is 32.9. The van der Waals surface area contributed by atoms with Crippen LogP contribution in [0.5, 0.6) is 0 Å². The maximum Gasteiger partial charge on any atom is 0.407 e. The molecular weight excluding hydrogens is 731 g/mol. The molecular formula is C45H49N9O4. The van der Waals surface area contributed by atoms with Gasteiger partial charge < -0.3 is 39.6 Å². The summed E-state index contributed by atoms with van der Waals surface area (Å²) in [5.41, 5.74) is 7.67. The lowest BCUT2D eigenvalue weighted by molar-refractivity contribution is -0.135. The highest BCUT2D eigenvalue weighted by molar-refractivity contribution is 5.88. The van der Waals surface area contributed by atoms with Gasteiger partial charge in [0.1, 0.15) is 17.7 Å². The van der Waals surface area contributed by atoms with E-state index in [2.05, 4.69) is 61.5 Å². The summed E-state index contributed by atoms with van der Waals surface area (Å²) in [4.78, 5) is 65.6. The van der Waals surface area contributed by atoms with Gasteiger partial charge in [-0.1, -0.05) is 60.7 Å². The monoisotopic (exact) mass is 779 g/mol. The van der Waals surface area contributed by atoms with Crippen molar-refractivity contribution in [3.63, 3.8) is 0 Å². The van der Waals surface area contributed by atoms with Gasteiger partial charge in [0.2, 0.25) is 5.91 Å². The van der Waals surface area contributed by atoms with E-state index < -0.39 is 12.1 Å². The Morgan fingerprint density at radius 3 is 1.64 bits per heavy atom. The van der Waals surface area contributed by atoms with Gasteiger partial charge in [-0.25, -0.2) is 14.8 Å². The fourth-order valence-corrected chi connectivity index (χ4v) is 9.00. The molecule has 13 nitrogen and oxygen atoms in total. The Balaban J connectivity index is 0.857. The molecule has 0 unspecified atom stereocenters. The van der Waals surface area contributed by atoms with Gasteiger partial charge in [-0.05, 0) is 80.1 Å². The van der Waals surface area contributed by atoms with Crippen molar-refractivity contribution in [3.8, 4) is 0 Å². The van der Waals surface area contributed by atoms with Crippen LogP contribution in [0.1, 0.15) is 79.4 Å². The lowest BCUT2D eigenvalue weighted by Gasteiger charge is -2.37. The van der Waals surface area contributed by atoms with Gasteiger partial charge in [0.05, 0.1) is 47.2 Å². The molecule has 298 valence electrons. The Morgan fingerprint density at radius 2 is 1.14 bits per heavy atom. The van der Waals surface area contributed by atoms with Crippen molar-refractivity contribution in [2.75, 3.05) is 56.2 Å². The summed E-state index contributed by atoms with van der Waals surface area (Å²) in [5, 5.41) is 2.74. The van der Waals surface area contributed by atoms with Gasteiger partial charge in [0, 0.05) is 50.6 Å². The molecule has 3 N–H and O–H groups in total. The highest BCUT2D eigenvalue weighted by atomic mass is 16.5. The number of piperazine rings is 1. The number of benzene rings is 4. The maximum absolute atomic E-state index is 14.0. The van der Waals surface area contributed by atoms with Crippen molar-refractivity contribution >= 4 is 51.3 Å². The second-order valence-electron chi connectivity index (χ2n) is 15.6. The number of fused-ring (bicyclic) bond motifs is 2. The van der Waals surface area contributed by atoms with Crippen LogP contribution in [0.25, 0.3) is 22.1 Å². The number of alkyl carbamates (subject to hydrolysis) is 1. The highest BCUT2D eigenvalue weighted by Gasteiger charge is 2.38. The first-order valence-electron chi connectivity index (χ1n) is 20.4. The second kappa shape index (κ2) is 15.9. The molecule has 3 saturated heterocycles. The predicted octanol–water partition coefficient (Wildman–Crippen LogP) is 6.99. The second-order valence-corrected chi connectivity index (χ2v) is 15.6. The lowest BCUT2D eigenvalue weighted by Crippen LogP contribution is -2.46. The largest absolute Gasteiger partial charge is 0.453 e. The molecule has 3 amide bonds. The van der Waals surface area contributed by atoms with Gasteiger partial charge in [-0.2, -0.15) is 0 Å². The zero-order valence-electron chi connectivity index (χ0n) is 32.9. The highest BCUT2D eigenvalue weighted by Crippen LogP contribution is 2.37. The molecule has 5 heterocycles. The Labute approximate surface area is 337 Å². The summed E-state index contributed by atoms with van der Waals surface area (Å²) in [5.74, 6) is 1.37. The number of imidazole rings is 2. The summed E-state index contributed by atoms with van der Waals surface area (Å²) in [6.07, 6.45) is 2.83. The lowest BCUT2D eigenvalue weighted by atomic mass is 9.99. The number of aromatic nitrogens is 4. The topological polar surface area (TPSA) is 143 Å². The third-order valence-electron chi connectivity index (χ3n) is 12.2. The Kier molecular flexibility index (Phi) is 10.2. The first-order valence-corrected chi connectivity index (χ1v) is 20.4. The van der Waals surface area contributed by atoms with E-state index in [9.17, 15) is 14.4 Å². The Morgan fingerprint density at radius 1 is 0.655 bits per heavy atom. The summed E-state index contributed by atoms with van der Waals surface area (Å²) in [6.45, 7) is 6.73. The number of carbonyl (C=O) groups excluding carboxylic acids is 3. The molecule has 58 heavy (non-hydrogen) atoms. The first kappa shape index (κ1) is 37.2. The summed E-state index contributed by atoms with van der Waals surface area (Å²) < 4.78 is 4.85. The van der Waals surface area contributed by atoms with Crippen LogP contribution in [0.3, 0.4) is 0 Å². The molecule has 3 aliphatic rings. The molecule has 4 atom stereocenters.